The van der Waals surface area contributed by atoms with Crippen LogP contribution in [0.3, 0.4) is 0 Å². The first-order valence-electron chi connectivity index (χ1n) is 8.11. The van der Waals surface area contributed by atoms with Gasteiger partial charge in [-0.2, -0.15) is 4.98 Å². The highest BCUT2D eigenvalue weighted by atomic mass is 19.1. The van der Waals surface area contributed by atoms with Crippen LogP contribution in [0.15, 0.2) is 28.8 Å². The van der Waals surface area contributed by atoms with Gasteiger partial charge in [0.05, 0.1) is 18.8 Å². The molecular weight excluding hydrogens is 297 g/mol. The molecular formula is C17H22FN3O2. The number of morpholine rings is 1. The van der Waals surface area contributed by atoms with E-state index in [4.69, 9.17) is 9.26 Å². The highest BCUT2D eigenvalue weighted by Gasteiger charge is 2.28. The van der Waals surface area contributed by atoms with Gasteiger partial charge < -0.3 is 9.26 Å². The maximum Gasteiger partial charge on any atom is 0.243 e. The second-order valence-electron chi connectivity index (χ2n) is 5.88. The van der Waals surface area contributed by atoms with Crippen molar-refractivity contribution in [1.82, 2.24) is 15.0 Å². The van der Waals surface area contributed by atoms with E-state index in [2.05, 4.69) is 28.9 Å². The normalized spacial score (nSPS) is 20.6. The van der Waals surface area contributed by atoms with E-state index in [9.17, 15) is 4.39 Å². The van der Waals surface area contributed by atoms with E-state index in [-0.39, 0.29) is 18.0 Å². The maximum absolute atomic E-state index is 13.1. The Bertz CT molecular complexity index is 629. The molecule has 0 bridgehead atoms. The molecule has 2 aromatic rings. The van der Waals surface area contributed by atoms with Gasteiger partial charge in [-0.05, 0) is 31.0 Å². The number of aryl methyl sites for hydroxylation is 1. The Labute approximate surface area is 135 Å². The molecule has 0 N–H and O–H groups in total. The number of aromatic nitrogens is 2. The average molecular weight is 319 g/mol. The first-order chi connectivity index (χ1) is 11.2. The second kappa shape index (κ2) is 7.19. The molecule has 0 saturated carbocycles. The van der Waals surface area contributed by atoms with Crippen LogP contribution in [-0.4, -0.2) is 34.7 Å². The van der Waals surface area contributed by atoms with Crippen LogP contribution in [0.4, 0.5) is 4.39 Å². The largest absolute Gasteiger partial charge is 0.371 e. The van der Waals surface area contributed by atoms with Gasteiger partial charge in [0.15, 0.2) is 5.82 Å². The number of nitrogens with zero attached hydrogens (tertiary/aromatic N) is 3. The van der Waals surface area contributed by atoms with Crippen LogP contribution in [0.5, 0.6) is 0 Å². The molecule has 1 aliphatic rings. The van der Waals surface area contributed by atoms with Gasteiger partial charge in [0, 0.05) is 19.5 Å². The summed E-state index contributed by atoms with van der Waals surface area (Å²) in [4.78, 5) is 6.74. The molecule has 0 unspecified atom stereocenters. The molecule has 0 aliphatic carbocycles. The molecule has 1 aliphatic heterocycles. The van der Waals surface area contributed by atoms with Gasteiger partial charge in [-0.25, -0.2) is 4.39 Å². The predicted molar refractivity (Wildman–Crippen MR) is 83.4 cm³/mol. The molecule has 5 nitrogen and oxygen atoms in total. The molecule has 1 aromatic heterocycles. The fraction of sp³-hybridized carbons (Fsp3) is 0.529. The Hall–Kier alpha value is -1.79. The van der Waals surface area contributed by atoms with Crippen LogP contribution in [0.1, 0.15) is 49.7 Å². The third-order valence-corrected chi connectivity index (χ3v) is 4.20. The summed E-state index contributed by atoms with van der Waals surface area (Å²) in [6.07, 6.45) is 1.76. The zero-order valence-electron chi connectivity index (χ0n) is 13.5. The summed E-state index contributed by atoms with van der Waals surface area (Å²) in [6.45, 7) is 6.32. The summed E-state index contributed by atoms with van der Waals surface area (Å²) in [5, 5.41) is 4.02. The van der Waals surface area contributed by atoms with Gasteiger partial charge in [0.25, 0.3) is 0 Å². The standard InChI is InChI=1S/C17H22FN3O2/c1-3-4-16-19-17(23-20-16)12(2)21-9-10-22-15(11-21)13-5-7-14(18)8-6-13/h5-8,12,15H,3-4,9-11H2,1-2H3/t12-,15+/m1/s1. The average Bonchev–Trinajstić information content (AvgIpc) is 3.04. The number of rotatable bonds is 5. The van der Waals surface area contributed by atoms with Crippen LogP contribution < -0.4 is 0 Å². The lowest BCUT2D eigenvalue weighted by molar-refractivity contribution is -0.0469. The van der Waals surface area contributed by atoms with Crippen molar-refractivity contribution in [2.24, 2.45) is 0 Å². The Morgan fingerprint density at radius 3 is 2.87 bits per heavy atom. The minimum atomic E-state index is -0.232. The maximum atomic E-state index is 13.1. The molecule has 6 heteroatoms. The molecule has 1 aromatic carbocycles. The third kappa shape index (κ3) is 3.76. The summed E-state index contributed by atoms with van der Waals surface area (Å²) in [5.41, 5.74) is 0.987. The number of hydrogen-bond donors (Lipinski definition) is 0. The SMILES string of the molecule is CCCc1noc([C@@H](C)N2CCO[C@H](c3ccc(F)cc3)C2)n1. The minimum absolute atomic E-state index is 0.0416. The highest BCUT2D eigenvalue weighted by Crippen LogP contribution is 2.28. The van der Waals surface area contributed by atoms with E-state index in [0.29, 0.717) is 12.5 Å². The summed E-state index contributed by atoms with van der Waals surface area (Å²) < 4.78 is 24.3. The Morgan fingerprint density at radius 2 is 2.13 bits per heavy atom. The van der Waals surface area contributed by atoms with Crippen LogP contribution in [0.2, 0.25) is 0 Å². The van der Waals surface area contributed by atoms with Crippen molar-refractivity contribution in [2.75, 3.05) is 19.7 Å². The molecule has 2 heterocycles. The van der Waals surface area contributed by atoms with Crippen LogP contribution >= 0.6 is 0 Å². The van der Waals surface area contributed by atoms with Gasteiger partial charge in [0.1, 0.15) is 5.82 Å². The molecule has 23 heavy (non-hydrogen) atoms. The van der Waals surface area contributed by atoms with Gasteiger partial charge in [-0.15, -0.1) is 0 Å². The minimum Gasteiger partial charge on any atom is -0.371 e. The smallest absolute Gasteiger partial charge is 0.243 e. The van der Waals surface area contributed by atoms with Gasteiger partial charge in [-0.3, -0.25) is 4.90 Å². The van der Waals surface area contributed by atoms with Gasteiger partial charge in [-0.1, -0.05) is 24.2 Å². The first-order valence-corrected chi connectivity index (χ1v) is 8.11. The van der Waals surface area contributed by atoms with Crippen LogP contribution in [0, 0.1) is 5.82 Å². The number of ether oxygens (including phenoxy) is 1. The predicted octanol–water partition coefficient (Wildman–Crippen LogP) is 3.30. The number of hydrogen-bond acceptors (Lipinski definition) is 5. The highest BCUT2D eigenvalue weighted by molar-refractivity contribution is 5.19. The molecule has 0 radical (unpaired) electrons. The van der Waals surface area contributed by atoms with E-state index in [1.165, 1.54) is 12.1 Å². The summed E-state index contributed by atoms with van der Waals surface area (Å²) in [6, 6.07) is 6.53. The molecule has 124 valence electrons. The lowest BCUT2D eigenvalue weighted by Crippen LogP contribution is -2.40. The van der Waals surface area contributed by atoms with Crippen molar-refractivity contribution < 1.29 is 13.7 Å². The van der Waals surface area contributed by atoms with E-state index in [1.807, 2.05) is 0 Å². The summed E-state index contributed by atoms with van der Waals surface area (Å²) >= 11 is 0. The van der Waals surface area contributed by atoms with E-state index in [1.54, 1.807) is 12.1 Å². The van der Waals surface area contributed by atoms with Crippen LogP contribution in [0.25, 0.3) is 0 Å². The molecule has 2 atom stereocenters. The van der Waals surface area contributed by atoms with Crippen molar-refractivity contribution in [3.8, 4) is 0 Å². The molecule has 3 rings (SSSR count). The summed E-state index contributed by atoms with van der Waals surface area (Å²) in [7, 11) is 0. The third-order valence-electron chi connectivity index (χ3n) is 4.20. The van der Waals surface area contributed by atoms with Crippen molar-refractivity contribution in [1.29, 1.82) is 0 Å². The van der Waals surface area contributed by atoms with Gasteiger partial charge >= 0.3 is 0 Å². The first kappa shape index (κ1) is 16.1. The second-order valence-corrected chi connectivity index (χ2v) is 5.88. The zero-order valence-corrected chi connectivity index (χ0v) is 13.5. The molecule has 1 fully saturated rings. The van der Waals surface area contributed by atoms with Crippen molar-refractivity contribution >= 4 is 0 Å². The lowest BCUT2D eigenvalue weighted by atomic mass is 10.1. The van der Waals surface area contributed by atoms with Crippen molar-refractivity contribution in [3.05, 3.63) is 47.4 Å². The molecule has 0 spiro atoms. The fourth-order valence-corrected chi connectivity index (χ4v) is 2.82. The Balaban J connectivity index is 1.68. The number of halogens is 1. The van der Waals surface area contributed by atoms with Crippen LogP contribution in [-0.2, 0) is 11.2 Å². The van der Waals surface area contributed by atoms with E-state index in [0.717, 1.165) is 37.3 Å². The molecule has 0 amide bonds. The monoisotopic (exact) mass is 319 g/mol. The quantitative estimate of drug-likeness (QED) is 0.846. The Morgan fingerprint density at radius 1 is 1.35 bits per heavy atom. The Kier molecular flexibility index (Phi) is 5.03. The number of benzene rings is 1. The van der Waals surface area contributed by atoms with Gasteiger partial charge in [0.2, 0.25) is 5.89 Å². The van der Waals surface area contributed by atoms with E-state index < -0.39 is 0 Å². The van der Waals surface area contributed by atoms with E-state index >= 15 is 0 Å². The molecule has 1 saturated heterocycles. The summed E-state index contributed by atoms with van der Waals surface area (Å²) in [5.74, 6) is 1.18. The lowest BCUT2D eigenvalue weighted by Gasteiger charge is -2.35. The van der Waals surface area contributed by atoms with Crippen molar-refractivity contribution in [3.63, 3.8) is 0 Å². The topological polar surface area (TPSA) is 51.4 Å². The van der Waals surface area contributed by atoms with Crippen molar-refractivity contribution in [2.45, 2.75) is 38.8 Å². The zero-order chi connectivity index (χ0) is 16.2. The fourth-order valence-electron chi connectivity index (χ4n) is 2.82.